The second-order valence-corrected chi connectivity index (χ2v) is 3.15. The Kier molecular flexibility index (Phi) is 3.80. The third kappa shape index (κ3) is 2.33. The quantitative estimate of drug-likeness (QED) is 0.830. The molecule has 0 saturated carbocycles. The molecule has 0 saturated heterocycles. The minimum atomic E-state index is -0.0756. The normalized spacial score (nSPS) is 12.3. The fraction of sp³-hybridized carbons (Fsp3) is 0.455. The van der Waals surface area contributed by atoms with Gasteiger partial charge in [0.05, 0.1) is 20.3 Å². The lowest BCUT2D eigenvalue weighted by Gasteiger charge is -2.14. The molecular formula is C11H16O4. The van der Waals surface area contributed by atoms with E-state index in [0.29, 0.717) is 11.5 Å². The Morgan fingerprint density at radius 2 is 1.53 bits per heavy atom. The average molecular weight is 212 g/mol. The van der Waals surface area contributed by atoms with E-state index in [1.165, 1.54) is 14.2 Å². The Bertz CT molecular complexity index is 310. The molecule has 0 spiro atoms. The zero-order valence-corrected chi connectivity index (χ0v) is 9.40. The monoisotopic (exact) mass is 212 g/mol. The number of methoxy groups -OCH3 is 3. The van der Waals surface area contributed by atoms with E-state index in [0.717, 1.165) is 5.56 Å². The molecule has 1 aromatic rings. The highest BCUT2D eigenvalue weighted by atomic mass is 16.5. The molecule has 0 bridgehead atoms. The Hall–Kier alpha value is -1.42. The van der Waals surface area contributed by atoms with Gasteiger partial charge in [-0.3, -0.25) is 0 Å². The Morgan fingerprint density at radius 3 is 1.87 bits per heavy atom. The van der Waals surface area contributed by atoms with Gasteiger partial charge in [-0.05, 0) is 24.6 Å². The molecular weight excluding hydrogens is 196 g/mol. The SMILES string of the molecule is COc1cc([C@H](C)OC)cc(OC)c1O. The van der Waals surface area contributed by atoms with Gasteiger partial charge in [0.1, 0.15) is 0 Å². The minimum absolute atomic E-state index is 0.00653. The zero-order valence-electron chi connectivity index (χ0n) is 9.40. The average Bonchev–Trinajstić information content (AvgIpc) is 2.28. The summed E-state index contributed by atoms with van der Waals surface area (Å²) in [5, 5.41) is 9.68. The van der Waals surface area contributed by atoms with Crippen molar-refractivity contribution in [1.82, 2.24) is 0 Å². The zero-order chi connectivity index (χ0) is 11.4. The number of rotatable bonds is 4. The van der Waals surface area contributed by atoms with Crippen molar-refractivity contribution in [3.63, 3.8) is 0 Å². The summed E-state index contributed by atoms with van der Waals surface area (Å²) in [4.78, 5) is 0. The van der Waals surface area contributed by atoms with Crippen LogP contribution in [0.1, 0.15) is 18.6 Å². The first-order valence-corrected chi connectivity index (χ1v) is 4.61. The third-order valence-corrected chi connectivity index (χ3v) is 2.33. The van der Waals surface area contributed by atoms with Gasteiger partial charge in [-0.1, -0.05) is 0 Å². The number of hydrogen-bond acceptors (Lipinski definition) is 4. The predicted molar refractivity (Wildman–Crippen MR) is 56.6 cm³/mol. The molecule has 4 nitrogen and oxygen atoms in total. The molecule has 1 atom stereocenters. The fourth-order valence-corrected chi connectivity index (χ4v) is 1.28. The van der Waals surface area contributed by atoms with Crippen LogP contribution in [0.5, 0.6) is 17.2 Å². The van der Waals surface area contributed by atoms with Crippen LogP contribution in [0.4, 0.5) is 0 Å². The molecule has 84 valence electrons. The Morgan fingerprint density at radius 1 is 1.07 bits per heavy atom. The molecule has 0 aliphatic rings. The van der Waals surface area contributed by atoms with Crippen LogP contribution >= 0.6 is 0 Å². The number of phenols is 1. The molecule has 0 aliphatic heterocycles. The molecule has 15 heavy (non-hydrogen) atoms. The maximum absolute atomic E-state index is 9.68. The lowest BCUT2D eigenvalue weighted by atomic mass is 10.1. The van der Waals surface area contributed by atoms with Crippen LogP contribution in [-0.2, 0) is 4.74 Å². The second-order valence-electron chi connectivity index (χ2n) is 3.15. The largest absolute Gasteiger partial charge is 0.502 e. The highest BCUT2D eigenvalue weighted by molar-refractivity contribution is 5.53. The van der Waals surface area contributed by atoms with Gasteiger partial charge >= 0.3 is 0 Å². The number of aromatic hydroxyl groups is 1. The van der Waals surface area contributed by atoms with Gasteiger partial charge in [-0.25, -0.2) is 0 Å². The predicted octanol–water partition coefficient (Wildman–Crippen LogP) is 2.12. The van der Waals surface area contributed by atoms with E-state index in [9.17, 15) is 5.11 Å². The van der Waals surface area contributed by atoms with E-state index in [2.05, 4.69) is 0 Å². The van der Waals surface area contributed by atoms with Gasteiger partial charge in [-0.2, -0.15) is 0 Å². The van der Waals surface area contributed by atoms with Gasteiger partial charge < -0.3 is 19.3 Å². The van der Waals surface area contributed by atoms with Crippen LogP contribution in [0, 0.1) is 0 Å². The number of benzene rings is 1. The van der Waals surface area contributed by atoms with Crippen LogP contribution in [0.25, 0.3) is 0 Å². The van der Waals surface area contributed by atoms with Gasteiger partial charge in [0, 0.05) is 7.11 Å². The van der Waals surface area contributed by atoms with Crippen LogP contribution < -0.4 is 9.47 Å². The van der Waals surface area contributed by atoms with E-state index < -0.39 is 0 Å². The maximum atomic E-state index is 9.68. The second kappa shape index (κ2) is 4.89. The van der Waals surface area contributed by atoms with Crippen molar-refractivity contribution >= 4 is 0 Å². The molecule has 0 aromatic heterocycles. The summed E-state index contributed by atoms with van der Waals surface area (Å²) in [6.07, 6.45) is -0.0756. The fourth-order valence-electron chi connectivity index (χ4n) is 1.28. The van der Waals surface area contributed by atoms with Gasteiger partial charge in [0.15, 0.2) is 11.5 Å². The summed E-state index contributed by atoms with van der Waals surface area (Å²) < 4.78 is 15.3. The first-order chi connectivity index (χ1) is 7.13. The highest BCUT2D eigenvalue weighted by Crippen LogP contribution is 2.38. The van der Waals surface area contributed by atoms with Crippen LogP contribution in [0.15, 0.2) is 12.1 Å². The summed E-state index contributed by atoms with van der Waals surface area (Å²) in [7, 11) is 4.61. The van der Waals surface area contributed by atoms with Crippen molar-refractivity contribution in [1.29, 1.82) is 0 Å². The smallest absolute Gasteiger partial charge is 0.200 e. The first kappa shape index (κ1) is 11.7. The molecule has 0 unspecified atom stereocenters. The lowest BCUT2D eigenvalue weighted by Crippen LogP contribution is -1.98. The summed E-state index contributed by atoms with van der Waals surface area (Å²) >= 11 is 0. The topological polar surface area (TPSA) is 47.9 Å². The van der Waals surface area contributed by atoms with Crippen molar-refractivity contribution in [2.45, 2.75) is 13.0 Å². The molecule has 0 radical (unpaired) electrons. The lowest BCUT2D eigenvalue weighted by molar-refractivity contribution is 0.119. The Labute approximate surface area is 89.4 Å². The summed E-state index contributed by atoms with van der Waals surface area (Å²) in [5.41, 5.74) is 0.893. The summed E-state index contributed by atoms with van der Waals surface area (Å²) in [6.45, 7) is 1.91. The van der Waals surface area contributed by atoms with Crippen molar-refractivity contribution in [3.05, 3.63) is 17.7 Å². The molecule has 0 aliphatic carbocycles. The summed E-state index contributed by atoms with van der Waals surface area (Å²) in [6, 6.07) is 3.46. The third-order valence-electron chi connectivity index (χ3n) is 2.33. The van der Waals surface area contributed by atoms with E-state index >= 15 is 0 Å². The Balaban J connectivity index is 3.20. The molecule has 4 heteroatoms. The van der Waals surface area contributed by atoms with Crippen molar-refractivity contribution < 1.29 is 19.3 Å². The molecule has 1 rings (SSSR count). The summed E-state index contributed by atoms with van der Waals surface area (Å²) in [5.74, 6) is 0.772. The van der Waals surface area contributed by atoms with E-state index in [1.807, 2.05) is 6.92 Å². The van der Waals surface area contributed by atoms with Crippen LogP contribution in [-0.4, -0.2) is 26.4 Å². The number of hydrogen-bond donors (Lipinski definition) is 1. The molecule has 1 N–H and O–H groups in total. The number of ether oxygens (including phenoxy) is 3. The molecule has 0 fully saturated rings. The number of phenolic OH excluding ortho intramolecular Hbond substituents is 1. The van der Waals surface area contributed by atoms with E-state index in [-0.39, 0.29) is 11.9 Å². The molecule has 0 amide bonds. The first-order valence-electron chi connectivity index (χ1n) is 4.61. The molecule has 1 aromatic carbocycles. The maximum Gasteiger partial charge on any atom is 0.200 e. The standard InChI is InChI=1S/C11H16O4/c1-7(13-2)8-5-9(14-3)11(12)10(6-8)15-4/h5-7,12H,1-4H3/t7-/m0/s1. The van der Waals surface area contributed by atoms with Crippen molar-refractivity contribution in [2.75, 3.05) is 21.3 Å². The van der Waals surface area contributed by atoms with Gasteiger partial charge in [0.25, 0.3) is 0 Å². The van der Waals surface area contributed by atoms with Crippen molar-refractivity contribution in [2.24, 2.45) is 0 Å². The minimum Gasteiger partial charge on any atom is -0.502 e. The van der Waals surface area contributed by atoms with Crippen LogP contribution in [0.2, 0.25) is 0 Å². The van der Waals surface area contributed by atoms with Gasteiger partial charge in [0.2, 0.25) is 5.75 Å². The van der Waals surface area contributed by atoms with Gasteiger partial charge in [-0.15, -0.1) is 0 Å². The molecule has 0 heterocycles. The van der Waals surface area contributed by atoms with Crippen LogP contribution in [0.3, 0.4) is 0 Å². The van der Waals surface area contributed by atoms with E-state index in [1.54, 1.807) is 19.2 Å². The van der Waals surface area contributed by atoms with Crippen molar-refractivity contribution in [3.8, 4) is 17.2 Å². The van der Waals surface area contributed by atoms with E-state index in [4.69, 9.17) is 14.2 Å². The highest BCUT2D eigenvalue weighted by Gasteiger charge is 2.14.